The first-order valence-corrected chi connectivity index (χ1v) is 21.8. The van der Waals surface area contributed by atoms with Gasteiger partial charge in [0.2, 0.25) is 11.8 Å². The Morgan fingerprint density at radius 1 is 0.794 bits per heavy atom. The molecular weight excluding hydrogens is 810 g/mol. The standard InChI is InChI=1S/C46H54FN9O7/c1-5-34(53-46(60)63-31-14-18-62-19-15-31)43(57)55-16-6-8-38(55)41-50-25-37(52-41)29-12-13-32(33(47)21-29)35-22-27-10-11-28(20-30(27)23-48-35)36-24-49-42(51-36)39-9-7-17-56(39)44(58)40(26(2)3)54-45(59)61-4/h10-13,20-26,31,34,38-40H,5-9,14-19H2,1-4H3,(H,49,51)(H,50,52)(H,53,60)(H,54,59). The number of ether oxygens (including phenoxy) is 3. The summed E-state index contributed by atoms with van der Waals surface area (Å²) in [4.78, 5) is 76.1. The van der Waals surface area contributed by atoms with Crippen molar-refractivity contribution in [3.05, 3.63) is 78.5 Å². The molecule has 3 aliphatic rings. The Labute approximate surface area is 364 Å². The molecule has 2 aromatic carbocycles. The largest absolute Gasteiger partial charge is 0.453 e. The van der Waals surface area contributed by atoms with Crippen LogP contribution in [-0.4, -0.2) is 110 Å². The lowest BCUT2D eigenvalue weighted by atomic mass is 10.0. The molecule has 16 nitrogen and oxygen atoms in total. The van der Waals surface area contributed by atoms with E-state index in [0.717, 1.165) is 41.3 Å². The number of amides is 4. The second-order valence-electron chi connectivity index (χ2n) is 16.7. The van der Waals surface area contributed by atoms with Gasteiger partial charge in [0, 0.05) is 54.2 Å². The summed E-state index contributed by atoms with van der Waals surface area (Å²) in [5.74, 6) is 0.326. The Balaban J connectivity index is 0.924. The molecule has 0 bridgehead atoms. The van der Waals surface area contributed by atoms with Gasteiger partial charge in [0.05, 0.1) is 61.9 Å². The SMILES string of the molecule is CCC(NC(=O)OC1CCOCC1)C(=O)N1CCCC1c1ncc(-c2ccc(-c3cc4ccc(-c5cnc(C6CCCN6C(=O)C(NC(=O)OC)C(C)C)[nH]5)cc4cn3)c(F)c2)[nH]1. The molecule has 4 unspecified atom stereocenters. The van der Waals surface area contributed by atoms with Crippen molar-refractivity contribution in [2.45, 2.75) is 96.0 Å². The number of imidazole rings is 2. The molecule has 3 aliphatic heterocycles. The third kappa shape index (κ3) is 9.38. The lowest BCUT2D eigenvalue weighted by molar-refractivity contribution is -0.135. The molecule has 17 heteroatoms. The number of carbonyl (C=O) groups excluding carboxylic acids is 4. The number of benzene rings is 2. The van der Waals surface area contributed by atoms with Gasteiger partial charge in [-0.2, -0.15) is 0 Å². The van der Waals surface area contributed by atoms with Crippen molar-refractivity contribution in [3.63, 3.8) is 0 Å². The number of hydrogen-bond acceptors (Lipinski definition) is 10. The number of pyridine rings is 1. The van der Waals surface area contributed by atoms with E-state index in [1.807, 2.05) is 51.1 Å². The molecule has 0 radical (unpaired) electrons. The van der Waals surface area contributed by atoms with Crippen molar-refractivity contribution in [2.75, 3.05) is 33.4 Å². The van der Waals surface area contributed by atoms with E-state index < -0.39 is 30.1 Å². The van der Waals surface area contributed by atoms with Gasteiger partial charge in [0.15, 0.2) is 0 Å². The van der Waals surface area contributed by atoms with Gasteiger partial charge < -0.3 is 44.6 Å². The number of H-pyrrole nitrogens is 2. The first-order valence-electron chi connectivity index (χ1n) is 21.8. The van der Waals surface area contributed by atoms with Crippen molar-refractivity contribution in [1.82, 2.24) is 45.4 Å². The normalized spacial score (nSPS) is 19.0. The smallest absolute Gasteiger partial charge is 0.408 e. The summed E-state index contributed by atoms with van der Waals surface area (Å²) < 4.78 is 31.5. The van der Waals surface area contributed by atoms with E-state index >= 15 is 4.39 Å². The van der Waals surface area contributed by atoms with Crippen molar-refractivity contribution >= 4 is 34.8 Å². The fourth-order valence-corrected chi connectivity index (χ4v) is 8.82. The van der Waals surface area contributed by atoms with Crippen LogP contribution in [0.4, 0.5) is 14.0 Å². The lowest BCUT2D eigenvalue weighted by Gasteiger charge is -2.30. The van der Waals surface area contributed by atoms with E-state index in [1.54, 1.807) is 34.5 Å². The quantitative estimate of drug-likeness (QED) is 0.0995. The summed E-state index contributed by atoms with van der Waals surface area (Å²) in [5, 5.41) is 7.18. The third-order valence-electron chi connectivity index (χ3n) is 12.3. The molecule has 4 amide bonds. The van der Waals surface area contributed by atoms with Crippen LogP contribution in [0.1, 0.15) is 89.4 Å². The molecule has 8 rings (SSSR count). The average molecular weight is 864 g/mol. The number of rotatable bonds is 12. The van der Waals surface area contributed by atoms with E-state index in [1.165, 1.54) is 13.2 Å². The number of methoxy groups -OCH3 is 1. The highest BCUT2D eigenvalue weighted by Gasteiger charge is 2.38. The Morgan fingerprint density at radius 3 is 2.05 bits per heavy atom. The first kappa shape index (κ1) is 43.3. The summed E-state index contributed by atoms with van der Waals surface area (Å²) in [6.07, 6.45) is 8.36. The van der Waals surface area contributed by atoms with Gasteiger partial charge in [0.25, 0.3) is 0 Å². The number of halogens is 1. The van der Waals surface area contributed by atoms with E-state index in [4.69, 9.17) is 14.2 Å². The molecule has 6 heterocycles. The van der Waals surface area contributed by atoms with Crippen LogP contribution in [0.2, 0.25) is 0 Å². The molecule has 5 aromatic rings. The number of fused-ring (bicyclic) bond motifs is 1. The molecule has 0 aliphatic carbocycles. The fraction of sp³-hybridized carbons (Fsp3) is 0.457. The predicted octanol–water partition coefficient (Wildman–Crippen LogP) is 7.21. The monoisotopic (exact) mass is 863 g/mol. The topological polar surface area (TPSA) is 197 Å². The van der Waals surface area contributed by atoms with Crippen molar-refractivity contribution in [3.8, 4) is 33.8 Å². The number of aromatic nitrogens is 5. The van der Waals surface area contributed by atoms with Gasteiger partial charge >= 0.3 is 12.2 Å². The predicted molar refractivity (Wildman–Crippen MR) is 231 cm³/mol. The Kier molecular flexibility index (Phi) is 13.0. The first-order chi connectivity index (χ1) is 30.5. The van der Waals surface area contributed by atoms with E-state index in [-0.39, 0.29) is 35.9 Å². The van der Waals surface area contributed by atoms with E-state index in [0.29, 0.717) is 86.2 Å². The summed E-state index contributed by atoms with van der Waals surface area (Å²) in [7, 11) is 1.28. The van der Waals surface area contributed by atoms with Crippen LogP contribution in [-0.2, 0) is 23.8 Å². The number of alkyl carbamates (subject to hydrolysis) is 2. The van der Waals surface area contributed by atoms with Gasteiger partial charge in [0.1, 0.15) is 35.7 Å². The van der Waals surface area contributed by atoms with Gasteiger partial charge in [-0.15, -0.1) is 0 Å². The molecular formula is C46H54FN9O7. The van der Waals surface area contributed by atoms with Crippen LogP contribution in [0.3, 0.4) is 0 Å². The summed E-state index contributed by atoms with van der Waals surface area (Å²) >= 11 is 0. The summed E-state index contributed by atoms with van der Waals surface area (Å²) in [6.45, 7) is 7.79. The van der Waals surface area contributed by atoms with Crippen molar-refractivity contribution in [2.24, 2.45) is 5.92 Å². The zero-order valence-corrected chi connectivity index (χ0v) is 36.0. The van der Waals surface area contributed by atoms with Crippen molar-refractivity contribution < 1.29 is 37.8 Å². The maximum absolute atomic E-state index is 15.9. The van der Waals surface area contributed by atoms with Crippen LogP contribution in [0.5, 0.6) is 0 Å². The molecule has 4 atom stereocenters. The molecule has 332 valence electrons. The van der Waals surface area contributed by atoms with E-state index in [2.05, 4.69) is 35.6 Å². The summed E-state index contributed by atoms with van der Waals surface area (Å²) in [6, 6.07) is 10.7. The highest BCUT2D eigenvalue weighted by atomic mass is 19.1. The average Bonchev–Trinajstić information content (AvgIpc) is 4.14. The summed E-state index contributed by atoms with van der Waals surface area (Å²) in [5.41, 5.74) is 3.71. The number of carbonyl (C=O) groups is 4. The van der Waals surface area contributed by atoms with Gasteiger partial charge in [-0.05, 0) is 67.7 Å². The zero-order chi connectivity index (χ0) is 44.2. The Bertz CT molecular complexity index is 2460. The second kappa shape index (κ2) is 18.9. The minimum Gasteiger partial charge on any atom is -0.453 e. The molecule has 63 heavy (non-hydrogen) atoms. The number of nitrogens with one attached hydrogen (secondary N) is 4. The van der Waals surface area contributed by atoms with Gasteiger partial charge in [-0.1, -0.05) is 39.0 Å². The molecule has 3 saturated heterocycles. The molecule has 3 aromatic heterocycles. The number of hydrogen-bond donors (Lipinski definition) is 4. The van der Waals surface area contributed by atoms with Crippen LogP contribution in [0.15, 0.2) is 61.1 Å². The molecule has 0 spiro atoms. The van der Waals surface area contributed by atoms with Crippen LogP contribution < -0.4 is 10.6 Å². The zero-order valence-electron chi connectivity index (χ0n) is 36.0. The van der Waals surface area contributed by atoms with Crippen LogP contribution in [0, 0.1) is 11.7 Å². The maximum Gasteiger partial charge on any atom is 0.408 e. The highest BCUT2D eigenvalue weighted by molar-refractivity contribution is 5.90. The van der Waals surface area contributed by atoms with Crippen molar-refractivity contribution in [1.29, 1.82) is 0 Å². The minimum atomic E-state index is -0.735. The highest BCUT2D eigenvalue weighted by Crippen LogP contribution is 2.36. The second-order valence-corrected chi connectivity index (χ2v) is 16.7. The maximum atomic E-state index is 15.9. The van der Waals surface area contributed by atoms with Gasteiger partial charge in [-0.25, -0.2) is 23.9 Å². The van der Waals surface area contributed by atoms with Gasteiger partial charge in [-0.3, -0.25) is 14.6 Å². The van der Waals surface area contributed by atoms with Crippen LogP contribution in [0.25, 0.3) is 44.5 Å². The lowest BCUT2D eigenvalue weighted by Crippen LogP contribution is -2.51. The number of aromatic amines is 2. The Morgan fingerprint density at radius 2 is 1.43 bits per heavy atom. The van der Waals surface area contributed by atoms with E-state index in [9.17, 15) is 19.2 Å². The molecule has 4 N–H and O–H groups in total. The third-order valence-corrected chi connectivity index (χ3v) is 12.3. The number of likely N-dealkylation sites (tertiary alicyclic amines) is 2. The Hall–Kier alpha value is -6.36. The number of nitrogens with zero attached hydrogens (tertiary/aromatic N) is 5. The minimum absolute atomic E-state index is 0.134. The molecule has 3 fully saturated rings. The van der Waals surface area contributed by atoms with Crippen LogP contribution >= 0.6 is 0 Å². The molecule has 0 saturated carbocycles. The fourth-order valence-electron chi connectivity index (χ4n) is 8.82.